The summed E-state index contributed by atoms with van der Waals surface area (Å²) in [7, 11) is 1.42. The molecule has 5 heteroatoms. The molecule has 1 N–H and O–H groups in total. The highest BCUT2D eigenvalue weighted by Gasteiger charge is 1.99. The molecule has 1 rings (SSSR count). The van der Waals surface area contributed by atoms with Crippen LogP contribution >= 0.6 is 11.6 Å². The Bertz CT molecular complexity index is 349. The van der Waals surface area contributed by atoms with Crippen molar-refractivity contribution in [1.29, 1.82) is 0 Å². The van der Waals surface area contributed by atoms with Crippen LogP contribution in [0.15, 0.2) is 29.4 Å². The lowest BCUT2D eigenvalue weighted by Gasteiger charge is -2.02. The summed E-state index contributed by atoms with van der Waals surface area (Å²) < 4.78 is 0. The summed E-state index contributed by atoms with van der Waals surface area (Å²) in [6.45, 7) is 0. The third kappa shape index (κ3) is 4.46. The number of halogens is 1. The lowest BCUT2D eigenvalue weighted by atomic mass is 10.3. The van der Waals surface area contributed by atoms with Crippen LogP contribution in [0.1, 0.15) is 6.42 Å². The Morgan fingerprint density at radius 1 is 1.53 bits per heavy atom. The largest absolute Gasteiger partial charge is 0.399 e. The highest BCUT2D eigenvalue weighted by molar-refractivity contribution is 6.30. The molecule has 0 saturated carbocycles. The van der Waals surface area contributed by atoms with Crippen LogP contribution in [0.5, 0.6) is 0 Å². The SMILES string of the molecule is CO/N=C\CC(=O)Nc1ccc(Cl)cc1. The fraction of sp³-hybridized carbons (Fsp3) is 0.200. The quantitative estimate of drug-likeness (QED) is 0.633. The van der Waals surface area contributed by atoms with Crippen molar-refractivity contribution in [3.05, 3.63) is 29.3 Å². The molecule has 15 heavy (non-hydrogen) atoms. The zero-order valence-corrected chi connectivity index (χ0v) is 8.99. The molecular formula is C10H11ClN2O2. The van der Waals surface area contributed by atoms with Crippen LogP contribution in [0.4, 0.5) is 5.69 Å². The predicted octanol–water partition coefficient (Wildman–Crippen LogP) is 2.30. The average Bonchev–Trinajstić information content (AvgIpc) is 2.22. The molecule has 0 fully saturated rings. The minimum Gasteiger partial charge on any atom is -0.399 e. The van der Waals surface area contributed by atoms with E-state index in [4.69, 9.17) is 11.6 Å². The number of benzene rings is 1. The maximum absolute atomic E-state index is 11.3. The van der Waals surface area contributed by atoms with Gasteiger partial charge >= 0.3 is 0 Å². The first-order chi connectivity index (χ1) is 7.22. The maximum Gasteiger partial charge on any atom is 0.229 e. The fourth-order valence-corrected chi connectivity index (χ4v) is 1.07. The number of rotatable bonds is 4. The first kappa shape index (κ1) is 11.5. The highest BCUT2D eigenvalue weighted by Crippen LogP contribution is 2.13. The van der Waals surface area contributed by atoms with Gasteiger partial charge in [0.15, 0.2) is 0 Å². The Hall–Kier alpha value is -1.55. The van der Waals surface area contributed by atoms with Crippen LogP contribution in [0.2, 0.25) is 5.02 Å². The van der Waals surface area contributed by atoms with E-state index in [9.17, 15) is 4.79 Å². The second kappa shape index (κ2) is 6.03. The number of amides is 1. The second-order valence-electron chi connectivity index (χ2n) is 2.73. The summed E-state index contributed by atoms with van der Waals surface area (Å²) in [5.41, 5.74) is 0.704. The van der Waals surface area contributed by atoms with Crippen molar-refractivity contribution in [2.45, 2.75) is 6.42 Å². The molecule has 80 valence electrons. The molecule has 1 aromatic carbocycles. The second-order valence-corrected chi connectivity index (χ2v) is 3.17. The first-order valence-electron chi connectivity index (χ1n) is 4.33. The van der Waals surface area contributed by atoms with Gasteiger partial charge in [0.1, 0.15) is 7.11 Å². The van der Waals surface area contributed by atoms with Gasteiger partial charge in [0.2, 0.25) is 5.91 Å². The summed E-state index contributed by atoms with van der Waals surface area (Å²) in [5, 5.41) is 6.78. The maximum atomic E-state index is 11.3. The Morgan fingerprint density at radius 2 is 2.20 bits per heavy atom. The summed E-state index contributed by atoms with van der Waals surface area (Å²) in [6.07, 6.45) is 1.57. The van der Waals surface area contributed by atoms with Crippen LogP contribution in [-0.4, -0.2) is 19.2 Å². The van der Waals surface area contributed by atoms with Gasteiger partial charge in [-0.25, -0.2) is 0 Å². The fourth-order valence-electron chi connectivity index (χ4n) is 0.940. The van der Waals surface area contributed by atoms with E-state index in [2.05, 4.69) is 15.3 Å². The van der Waals surface area contributed by atoms with E-state index < -0.39 is 0 Å². The minimum absolute atomic E-state index is 0.155. The number of oxime groups is 1. The molecule has 0 heterocycles. The zero-order chi connectivity index (χ0) is 11.1. The highest BCUT2D eigenvalue weighted by atomic mass is 35.5. The average molecular weight is 227 g/mol. The van der Waals surface area contributed by atoms with Crippen molar-refractivity contribution in [1.82, 2.24) is 0 Å². The number of hydrogen-bond acceptors (Lipinski definition) is 3. The number of carbonyl (C=O) groups excluding carboxylic acids is 1. The molecule has 1 aromatic rings. The summed E-state index contributed by atoms with van der Waals surface area (Å²) in [4.78, 5) is 15.7. The van der Waals surface area contributed by atoms with Gasteiger partial charge in [-0.3, -0.25) is 4.79 Å². The molecule has 0 aromatic heterocycles. The lowest BCUT2D eigenvalue weighted by Crippen LogP contribution is -2.11. The van der Waals surface area contributed by atoms with E-state index in [0.717, 1.165) is 0 Å². The van der Waals surface area contributed by atoms with Crippen LogP contribution < -0.4 is 5.32 Å². The minimum atomic E-state index is -0.155. The van der Waals surface area contributed by atoms with Crippen molar-refractivity contribution in [2.24, 2.45) is 5.16 Å². The van der Waals surface area contributed by atoms with E-state index in [1.54, 1.807) is 24.3 Å². The topological polar surface area (TPSA) is 50.7 Å². The molecule has 1 amide bonds. The number of anilines is 1. The Kier molecular flexibility index (Phi) is 4.63. The normalized spacial score (nSPS) is 10.3. The molecule has 0 aliphatic heterocycles. The zero-order valence-electron chi connectivity index (χ0n) is 8.24. The third-order valence-corrected chi connectivity index (χ3v) is 1.84. The number of nitrogens with zero attached hydrogens (tertiary/aromatic N) is 1. The van der Waals surface area contributed by atoms with Gasteiger partial charge in [0.25, 0.3) is 0 Å². The Morgan fingerprint density at radius 3 is 2.80 bits per heavy atom. The molecule has 0 aliphatic rings. The van der Waals surface area contributed by atoms with E-state index in [1.165, 1.54) is 13.3 Å². The smallest absolute Gasteiger partial charge is 0.229 e. The number of carbonyl (C=O) groups is 1. The monoisotopic (exact) mass is 226 g/mol. The van der Waals surface area contributed by atoms with Crippen molar-refractivity contribution in [3.63, 3.8) is 0 Å². The third-order valence-electron chi connectivity index (χ3n) is 1.58. The van der Waals surface area contributed by atoms with Crippen LogP contribution in [-0.2, 0) is 9.63 Å². The summed E-state index contributed by atoms with van der Waals surface area (Å²) >= 11 is 5.70. The van der Waals surface area contributed by atoms with Crippen LogP contribution in [0.25, 0.3) is 0 Å². The predicted molar refractivity (Wildman–Crippen MR) is 60.2 cm³/mol. The Labute approximate surface area is 92.9 Å². The van der Waals surface area contributed by atoms with E-state index in [1.807, 2.05) is 0 Å². The van der Waals surface area contributed by atoms with Gasteiger partial charge in [0, 0.05) is 10.7 Å². The first-order valence-corrected chi connectivity index (χ1v) is 4.70. The molecule has 0 spiro atoms. The van der Waals surface area contributed by atoms with Crippen LogP contribution in [0, 0.1) is 0 Å². The van der Waals surface area contributed by atoms with Crippen molar-refractivity contribution < 1.29 is 9.63 Å². The molecule has 0 unspecified atom stereocenters. The van der Waals surface area contributed by atoms with Gasteiger partial charge in [-0.1, -0.05) is 16.8 Å². The molecule has 0 saturated heterocycles. The summed E-state index contributed by atoms with van der Waals surface area (Å²) in [6, 6.07) is 6.88. The molecular weight excluding hydrogens is 216 g/mol. The Balaban J connectivity index is 2.44. The van der Waals surface area contributed by atoms with Gasteiger partial charge in [-0.2, -0.15) is 0 Å². The van der Waals surface area contributed by atoms with E-state index in [0.29, 0.717) is 10.7 Å². The van der Waals surface area contributed by atoms with Crippen LogP contribution in [0.3, 0.4) is 0 Å². The van der Waals surface area contributed by atoms with Gasteiger partial charge in [-0.05, 0) is 24.3 Å². The molecule has 0 aliphatic carbocycles. The number of nitrogens with one attached hydrogen (secondary N) is 1. The van der Waals surface area contributed by atoms with E-state index >= 15 is 0 Å². The molecule has 0 bridgehead atoms. The molecule has 0 atom stereocenters. The standard InChI is InChI=1S/C10H11ClN2O2/c1-15-12-7-6-10(14)13-9-4-2-8(11)3-5-9/h2-5,7H,6H2,1H3,(H,13,14)/b12-7-. The van der Waals surface area contributed by atoms with E-state index in [-0.39, 0.29) is 12.3 Å². The van der Waals surface area contributed by atoms with Crippen molar-refractivity contribution in [2.75, 3.05) is 12.4 Å². The van der Waals surface area contributed by atoms with Gasteiger partial charge in [0.05, 0.1) is 12.6 Å². The number of hydrogen-bond donors (Lipinski definition) is 1. The van der Waals surface area contributed by atoms with Gasteiger partial charge in [-0.15, -0.1) is 0 Å². The molecule has 4 nitrogen and oxygen atoms in total. The summed E-state index contributed by atoms with van der Waals surface area (Å²) in [5.74, 6) is -0.155. The molecule has 0 radical (unpaired) electrons. The lowest BCUT2D eigenvalue weighted by molar-refractivity contribution is -0.115. The van der Waals surface area contributed by atoms with Crippen molar-refractivity contribution in [3.8, 4) is 0 Å². The van der Waals surface area contributed by atoms with Crippen molar-refractivity contribution >= 4 is 29.4 Å². The van der Waals surface area contributed by atoms with Gasteiger partial charge < -0.3 is 10.2 Å².